The van der Waals surface area contributed by atoms with Crippen LogP contribution in [0.4, 0.5) is 8.78 Å². The lowest BCUT2D eigenvalue weighted by molar-refractivity contribution is 0.0893. The average molecular weight is 437 g/mol. The fourth-order valence-corrected chi connectivity index (χ4v) is 4.41. The number of nitrogens with one attached hydrogen (secondary N) is 1. The Bertz CT molecular complexity index is 1180. The number of hydrogen-bond donors (Lipinski definition) is 1. The van der Waals surface area contributed by atoms with Crippen LogP contribution in [0, 0.1) is 5.92 Å². The number of rotatable bonds is 6. The van der Waals surface area contributed by atoms with Gasteiger partial charge in [-0.1, -0.05) is 25.3 Å². The van der Waals surface area contributed by atoms with Gasteiger partial charge in [0.25, 0.3) is 12.3 Å². The van der Waals surface area contributed by atoms with E-state index >= 15 is 0 Å². The Hall–Kier alpha value is -3.16. The molecular formula is C24H25F2N5O. The van der Waals surface area contributed by atoms with Crippen molar-refractivity contribution in [2.75, 3.05) is 6.54 Å². The van der Waals surface area contributed by atoms with Gasteiger partial charge in [-0.15, -0.1) is 0 Å². The number of nitrogens with zero attached hydrogens (tertiary/aromatic N) is 4. The number of carbonyl (C=O) groups is 1. The van der Waals surface area contributed by atoms with Crippen molar-refractivity contribution >= 4 is 17.0 Å². The summed E-state index contributed by atoms with van der Waals surface area (Å²) in [4.78, 5) is 22.0. The van der Waals surface area contributed by atoms with E-state index in [0.29, 0.717) is 11.4 Å². The Kier molecular flexibility index (Phi) is 5.68. The van der Waals surface area contributed by atoms with Crippen molar-refractivity contribution in [3.05, 3.63) is 65.0 Å². The Balaban J connectivity index is 1.47. The summed E-state index contributed by atoms with van der Waals surface area (Å²) in [5.74, 6) is 1.09. The number of pyridine rings is 1. The number of carbonyl (C=O) groups excluding carboxylic acids is 1. The normalized spacial score (nSPS) is 16.4. The maximum atomic E-state index is 12.5. The highest BCUT2D eigenvalue weighted by Crippen LogP contribution is 2.32. The predicted molar refractivity (Wildman–Crippen MR) is 117 cm³/mol. The van der Waals surface area contributed by atoms with E-state index in [9.17, 15) is 13.6 Å². The number of aromatic nitrogens is 4. The molecule has 1 saturated carbocycles. The van der Waals surface area contributed by atoms with E-state index in [4.69, 9.17) is 4.98 Å². The number of allylic oxidation sites excluding steroid dienone is 1. The van der Waals surface area contributed by atoms with E-state index in [-0.39, 0.29) is 5.56 Å². The predicted octanol–water partition coefficient (Wildman–Crippen LogP) is 4.23. The van der Waals surface area contributed by atoms with Gasteiger partial charge in [0.05, 0.1) is 29.5 Å². The molecule has 6 nitrogen and oxygen atoms in total. The van der Waals surface area contributed by atoms with Gasteiger partial charge in [0.1, 0.15) is 5.82 Å². The molecule has 3 aromatic heterocycles. The molecule has 0 bridgehead atoms. The molecule has 0 aromatic carbocycles. The van der Waals surface area contributed by atoms with E-state index in [0.717, 1.165) is 53.9 Å². The van der Waals surface area contributed by atoms with Gasteiger partial charge in [-0.25, -0.2) is 23.3 Å². The molecule has 1 amide bonds. The summed E-state index contributed by atoms with van der Waals surface area (Å²) in [5, 5.41) is 6.45. The largest absolute Gasteiger partial charge is 0.346 e. The second kappa shape index (κ2) is 8.76. The zero-order valence-electron chi connectivity index (χ0n) is 17.7. The molecule has 0 aliphatic heterocycles. The molecule has 0 atom stereocenters. The highest BCUT2D eigenvalue weighted by atomic mass is 19.3. The fourth-order valence-electron chi connectivity index (χ4n) is 4.41. The van der Waals surface area contributed by atoms with Crippen molar-refractivity contribution < 1.29 is 13.6 Å². The zero-order chi connectivity index (χ0) is 22.1. The second-order valence-corrected chi connectivity index (χ2v) is 8.56. The van der Waals surface area contributed by atoms with Crippen LogP contribution in [0.2, 0.25) is 0 Å². The van der Waals surface area contributed by atoms with E-state index < -0.39 is 18.9 Å². The van der Waals surface area contributed by atoms with Crippen LogP contribution in [0.3, 0.4) is 0 Å². The molecule has 1 N–H and O–H groups in total. The molecule has 2 aliphatic carbocycles. The topological polar surface area (TPSA) is 72.2 Å². The van der Waals surface area contributed by atoms with Crippen molar-refractivity contribution in [1.82, 2.24) is 24.9 Å². The SMILES string of the molecule is O=C(NCC(F)F)c1cnn2ccc(C3=CCCCc4nc(CC5CCC5)ncc43)cc12. The number of hydrogen-bond acceptors (Lipinski definition) is 4. The van der Waals surface area contributed by atoms with Crippen molar-refractivity contribution in [3.8, 4) is 0 Å². The van der Waals surface area contributed by atoms with Gasteiger partial charge >= 0.3 is 0 Å². The fraction of sp³-hybridized carbons (Fsp3) is 0.417. The maximum absolute atomic E-state index is 12.5. The molecule has 2 aliphatic rings. The number of alkyl halides is 2. The molecule has 0 unspecified atom stereocenters. The van der Waals surface area contributed by atoms with Crippen LogP contribution in [0.5, 0.6) is 0 Å². The quantitative estimate of drug-likeness (QED) is 0.627. The minimum atomic E-state index is -2.60. The van der Waals surface area contributed by atoms with Crippen LogP contribution in [-0.4, -0.2) is 38.5 Å². The van der Waals surface area contributed by atoms with Gasteiger partial charge < -0.3 is 5.32 Å². The third-order valence-corrected chi connectivity index (χ3v) is 6.36. The first-order valence-corrected chi connectivity index (χ1v) is 11.2. The zero-order valence-corrected chi connectivity index (χ0v) is 17.7. The summed E-state index contributed by atoms with van der Waals surface area (Å²) < 4.78 is 26.6. The van der Waals surface area contributed by atoms with Gasteiger partial charge in [0.15, 0.2) is 0 Å². The smallest absolute Gasteiger partial charge is 0.255 e. The molecule has 0 spiro atoms. The minimum Gasteiger partial charge on any atom is -0.346 e. The summed E-state index contributed by atoms with van der Waals surface area (Å²) in [6.45, 7) is -0.686. The maximum Gasteiger partial charge on any atom is 0.255 e. The molecule has 3 heterocycles. The van der Waals surface area contributed by atoms with Crippen LogP contribution < -0.4 is 5.32 Å². The average Bonchev–Trinajstić information content (AvgIpc) is 3.07. The van der Waals surface area contributed by atoms with Crippen molar-refractivity contribution in [2.24, 2.45) is 5.92 Å². The standard InChI is InChI=1S/C24H25F2N5O/c25-22(26)14-28-24(32)19-13-29-31-9-8-16(11-21(19)31)17-6-1-2-7-20-18(17)12-27-23(30-20)10-15-4-3-5-15/h6,8-9,11-13,15,22H,1-5,7,10,14H2,(H,28,32). The second-order valence-electron chi connectivity index (χ2n) is 8.56. The lowest BCUT2D eigenvalue weighted by atomic mass is 9.83. The first kappa shape index (κ1) is 20.7. The molecule has 1 fully saturated rings. The van der Waals surface area contributed by atoms with Gasteiger partial charge in [-0.05, 0) is 48.4 Å². The van der Waals surface area contributed by atoms with Gasteiger partial charge in [-0.3, -0.25) is 4.79 Å². The summed E-state index contributed by atoms with van der Waals surface area (Å²) >= 11 is 0. The number of halogens is 2. The molecule has 3 aromatic rings. The van der Waals surface area contributed by atoms with Crippen LogP contribution in [0.15, 0.2) is 36.8 Å². The first-order chi connectivity index (χ1) is 15.6. The van der Waals surface area contributed by atoms with E-state index in [2.05, 4.69) is 21.5 Å². The van der Waals surface area contributed by atoms with E-state index in [1.165, 1.54) is 25.5 Å². The minimum absolute atomic E-state index is 0.272. The van der Waals surface area contributed by atoms with Gasteiger partial charge in [-0.2, -0.15) is 5.10 Å². The van der Waals surface area contributed by atoms with Crippen molar-refractivity contribution in [1.29, 1.82) is 0 Å². The van der Waals surface area contributed by atoms with E-state index in [1.807, 2.05) is 18.3 Å². The number of amides is 1. The lowest BCUT2D eigenvalue weighted by Gasteiger charge is -2.24. The summed E-state index contributed by atoms with van der Waals surface area (Å²) in [6.07, 6.45) is 12.4. The third kappa shape index (κ3) is 4.13. The Morgan fingerprint density at radius 3 is 2.91 bits per heavy atom. The highest BCUT2D eigenvalue weighted by Gasteiger charge is 2.22. The van der Waals surface area contributed by atoms with Gasteiger partial charge in [0.2, 0.25) is 0 Å². The summed E-state index contributed by atoms with van der Waals surface area (Å²) in [5.41, 5.74) is 4.90. The Labute approximate surface area is 184 Å². The molecule has 0 radical (unpaired) electrons. The molecule has 8 heteroatoms. The third-order valence-electron chi connectivity index (χ3n) is 6.36. The summed E-state index contributed by atoms with van der Waals surface area (Å²) in [7, 11) is 0. The number of fused-ring (bicyclic) bond motifs is 2. The van der Waals surface area contributed by atoms with Gasteiger partial charge in [0, 0.05) is 24.4 Å². The highest BCUT2D eigenvalue weighted by molar-refractivity contribution is 6.01. The van der Waals surface area contributed by atoms with Crippen LogP contribution in [-0.2, 0) is 12.8 Å². The van der Waals surface area contributed by atoms with Crippen LogP contribution >= 0.6 is 0 Å². The number of aryl methyl sites for hydroxylation is 1. The van der Waals surface area contributed by atoms with Crippen molar-refractivity contribution in [2.45, 2.75) is 51.4 Å². The van der Waals surface area contributed by atoms with Crippen LogP contribution in [0.25, 0.3) is 11.1 Å². The Morgan fingerprint density at radius 2 is 2.12 bits per heavy atom. The Morgan fingerprint density at radius 1 is 1.25 bits per heavy atom. The lowest BCUT2D eigenvalue weighted by Crippen LogP contribution is -2.28. The molecule has 0 saturated heterocycles. The first-order valence-electron chi connectivity index (χ1n) is 11.2. The summed E-state index contributed by atoms with van der Waals surface area (Å²) in [6, 6.07) is 3.83. The molecule has 166 valence electrons. The molecule has 5 rings (SSSR count). The molecular weight excluding hydrogens is 412 g/mol. The van der Waals surface area contributed by atoms with E-state index in [1.54, 1.807) is 10.7 Å². The monoisotopic (exact) mass is 437 g/mol. The molecule has 32 heavy (non-hydrogen) atoms. The van der Waals surface area contributed by atoms with Crippen LogP contribution in [0.1, 0.15) is 65.1 Å². The van der Waals surface area contributed by atoms with Crippen molar-refractivity contribution in [3.63, 3.8) is 0 Å².